The second-order valence-electron chi connectivity index (χ2n) is 7.24. The van der Waals surface area contributed by atoms with Crippen LogP contribution in [0, 0.1) is 0 Å². The van der Waals surface area contributed by atoms with Crippen LogP contribution in [0.2, 0.25) is 0 Å². The van der Waals surface area contributed by atoms with Gasteiger partial charge in [0.2, 0.25) is 0 Å². The van der Waals surface area contributed by atoms with E-state index in [1.807, 2.05) is 0 Å². The van der Waals surface area contributed by atoms with E-state index in [2.05, 4.69) is 4.98 Å². The Hall–Kier alpha value is -2.88. The number of unbranched alkanes of at least 4 members (excludes halogenated alkanes) is 1. The Balaban J connectivity index is 2.34. The number of alkyl halides is 6. The van der Waals surface area contributed by atoms with Crippen LogP contribution in [0.25, 0.3) is 22.2 Å². The minimum Gasteiger partial charge on any atom is -0.493 e. The third kappa shape index (κ3) is 4.64. The van der Waals surface area contributed by atoms with Gasteiger partial charge in [0.25, 0.3) is 0 Å². The molecule has 0 atom stereocenters. The summed E-state index contributed by atoms with van der Waals surface area (Å²) < 4.78 is 92.0. The van der Waals surface area contributed by atoms with Crippen LogP contribution in [-0.2, 0) is 18.8 Å². The van der Waals surface area contributed by atoms with Gasteiger partial charge < -0.3 is 20.2 Å². The molecule has 3 N–H and O–H groups in total. The monoisotopic (exact) mass is 460 g/mol. The third-order valence-electron chi connectivity index (χ3n) is 5.19. The van der Waals surface area contributed by atoms with Gasteiger partial charge in [-0.05, 0) is 61.7 Å². The molecule has 0 bridgehead atoms. The Kier molecular flexibility index (Phi) is 6.64. The molecule has 0 aliphatic carbocycles. The van der Waals surface area contributed by atoms with Crippen LogP contribution in [-0.4, -0.2) is 25.7 Å². The molecule has 0 saturated carbocycles. The lowest BCUT2D eigenvalue weighted by molar-refractivity contribution is -0.142. The average Bonchev–Trinajstić information content (AvgIpc) is 3.10. The predicted octanol–water partition coefficient (Wildman–Crippen LogP) is 6.17. The summed E-state index contributed by atoms with van der Waals surface area (Å²) >= 11 is 0. The van der Waals surface area contributed by atoms with Gasteiger partial charge in [-0.25, -0.2) is 0 Å². The molecule has 2 aromatic carbocycles. The quantitative estimate of drug-likeness (QED) is 0.327. The number of nitrogens with one attached hydrogen (secondary N) is 1. The molecule has 0 amide bonds. The van der Waals surface area contributed by atoms with Crippen LogP contribution >= 0.6 is 0 Å². The number of halogens is 6. The lowest BCUT2D eigenvalue weighted by Gasteiger charge is -2.14. The Bertz CT molecular complexity index is 1100. The molecule has 0 fully saturated rings. The number of aromatic amines is 1. The highest BCUT2D eigenvalue weighted by atomic mass is 19.4. The van der Waals surface area contributed by atoms with Crippen LogP contribution in [0.4, 0.5) is 26.3 Å². The topological polar surface area (TPSA) is 60.3 Å². The molecule has 10 heteroatoms. The lowest BCUT2D eigenvalue weighted by atomic mass is 9.95. The second-order valence-corrected chi connectivity index (χ2v) is 7.24. The molecule has 174 valence electrons. The summed E-state index contributed by atoms with van der Waals surface area (Å²) in [5.41, 5.74) is 3.63. The van der Waals surface area contributed by atoms with Gasteiger partial charge in [-0.1, -0.05) is 0 Å². The first kappa shape index (κ1) is 23.8. The normalized spacial score (nSPS) is 12.4. The summed E-state index contributed by atoms with van der Waals surface area (Å²) in [6.45, 7) is 0.346. The minimum atomic E-state index is -4.97. The standard InChI is InChI=1S/C22H22F6N2O2/c1-31-17-7-6-12(9-18(17)32-2)20-14(5-3-4-8-29)19-15(22(26,27)28)10-13(21(23,24)25)11-16(19)30-20/h6-7,9-11,30H,3-5,8,29H2,1-2H3. The van der Waals surface area contributed by atoms with Crippen molar-refractivity contribution in [1.29, 1.82) is 0 Å². The molecular formula is C22H22F6N2O2. The van der Waals surface area contributed by atoms with E-state index >= 15 is 0 Å². The molecular weight excluding hydrogens is 438 g/mol. The van der Waals surface area contributed by atoms with Crippen LogP contribution in [0.5, 0.6) is 11.5 Å². The lowest BCUT2D eigenvalue weighted by Crippen LogP contribution is -2.11. The summed E-state index contributed by atoms with van der Waals surface area (Å²) in [6, 6.07) is 5.63. The van der Waals surface area contributed by atoms with Crippen LogP contribution in [0.3, 0.4) is 0 Å². The molecule has 1 heterocycles. The molecule has 0 spiro atoms. The smallest absolute Gasteiger partial charge is 0.417 e. The van der Waals surface area contributed by atoms with Crippen molar-refractivity contribution in [3.8, 4) is 22.8 Å². The summed E-state index contributed by atoms with van der Waals surface area (Å²) in [5.74, 6) is 0.746. The highest BCUT2D eigenvalue weighted by Gasteiger charge is 2.39. The molecule has 0 unspecified atom stereocenters. The van der Waals surface area contributed by atoms with E-state index in [1.165, 1.54) is 14.2 Å². The van der Waals surface area contributed by atoms with E-state index in [1.54, 1.807) is 18.2 Å². The molecule has 0 aliphatic rings. The average molecular weight is 460 g/mol. The van der Waals surface area contributed by atoms with E-state index in [9.17, 15) is 26.3 Å². The van der Waals surface area contributed by atoms with Crippen molar-refractivity contribution in [3.63, 3.8) is 0 Å². The fraction of sp³-hybridized carbons (Fsp3) is 0.364. The summed E-state index contributed by atoms with van der Waals surface area (Å²) in [7, 11) is 2.85. The number of fused-ring (bicyclic) bond motifs is 1. The van der Waals surface area contributed by atoms with Crippen molar-refractivity contribution < 1.29 is 35.8 Å². The first-order chi connectivity index (χ1) is 15.0. The zero-order valence-electron chi connectivity index (χ0n) is 17.4. The van der Waals surface area contributed by atoms with Crippen LogP contribution in [0.15, 0.2) is 30.3 Å². The molecule has 1 aromatic heterocycles. The van der Waals surface area contributed by atoms with Gasteiger partial charge in [0, 0.05) is 22.2 Å². The number of ether oxygens (including phenoxy) is 2. The van der Waals surface area contributed by atoms with Crippen molar-refractivity contribution >= 4 is 10.9 Å². The predicted molar refractivity (Wildman–Crippen MR) is 109 cm³/mol. The number of rotatable bonds is 7. The molecule has 32 heavy (non-hydrogen) atoms. The highest BCUT2D eigenvalue weighted by Crippen LogP contribution is 2.44. The summed E-state index contributed by atoms with van der Waals surface area (Å²) in [5, 5.41) is -0.271. The van der Waals surface area contributed by atoms with Crippen molar-refractivity contribution in [2.75, 3.05) is 20.8 Å². The second kappa shape index (κ2) is 8.93. The van der Waals surface area contributed by atoms with Gasteiger partial charge in [0.05, 0.1) is 25.3 Å². The minimum absolute atomic E-state index is 0.168. The maximum Gasteiger partial charge on any atom is 0.417 e. The van der Waals surface area contributed by atoms with E-state index in [4.69, 9.17) is 15.2 Å². The maximum absolute atomic E-state index is 13.8. The molecule has 0 saturated heterocycles. The third-order valence-corrected chi connectivity index (χ3v) is 5.19. The molecule has 3 rings (SSSR count). The van der Waals surface area contributed by atoms with E-state index in [0.717, 1.165) is 0 Å². The highest BCUT2D eigenvalue weighted by molar-refractivity contribution is 5.94. The summed E-state index contributed by atoms with van der Waals surface area (Å²) in [6.07, 6.45) is -8.67. The number of methoxy groups -OCH3 is 2. The largest absolute Gasteiger partial charge is 0.493 e. The van der Waals surface area contributed by atoms with Gasteiger partial charge in [-0.15, -0.1) is 0 Å². The number of hydrogen-bond acceptors (Lipinski definition) is 3. The Morgan fingerprint density at radius 2 is 1.56 bits per heavy atom. The summed E-state index contributed by atoms with van der Waals surface area (Å²) in [4.78, 5) is 2.79. The number of benzene rings is 2. The fourth-order valence-electron chi connectivity index (χ4n) is 3.72. The van der Waals surface area contributed by atoms with Gasteiger partial charge in [0.1, 0.15) is 0 Å². The number of hydrogen-bond donors (Lipinski definition) is 2. The number of aryl methyl sites for hydroxylation is 1. The SMILES string of the molecule is COc1ccc(-c2[nH]c3cc(C(F)(F)F)cc(C(F)(F)F)c3c2CCCCN)cc1OC. The van der Waals surface area contributed by atoms with Crippen molar-refractivity contribution in [2.45, 2.75) is 31.6 Å². The van der Waals surface area contributed by atoms with E-state index < -0.39 is 23.5 Å². The van der Waals surface area contributed by atoms with Crippen molar-refractivity contribution in [3.05, 3.63) is 47.0 Å². The molecule has 0 aliphatic heterocycles. The Morgan fingerprint density at radius 1 is 0.875 bits per heavy atom. The Morgan fingerprint density at radius 3 is 2.12 bits per heavy atom. The molecule has 0 radical (unpaired) electrons. The number of aromatic nitrogens is 1. The van der Waals surface area contributed by atoms with E-state index in [0.29, 0.717) is 48.2 Å². The van der Waals surface area contributed by atoms with Crippen molar-refractivity contribution in [2.24, 2.45) is 5.73 Å². The van der Waals surface area contributed by atoms with Crippen molar-refractivity contribution in [1.82, 2.24) is 4.98 Å². The number of nitrogens with two attached hydrogens (primary N) is 1. The number of H-pyrrole nitrogens is 1. The maximum atomic E-state index is 13.8. The van der Waals surface area contributed by atoms with Crippen LogP contribution in [0.1, 0.15) is 29.5 Å². The van der Waals surface area contributed by atoms with Gasteiger partial charge >= 0.3 is 12.4 Å². The van der Waals surface area contributed by atoms with Gasteiger partial charge in [-0.3, -0.25) is 0 Å². The zero-order valence-corrected chi connectivity index (χ0v) is 17.4. The zero-order chi connectivity index (χ0) is 23.7. The van der Waals surface area contributed by atoms with E-state index in [-0.39, 0.29) is 29.0 Å². The first-order valence-electron chi connectivity index (χ1n) is 9.76. The first-order valence-corrected chi connectivity index (χ1v) is 9.76. The van der Waals surface area contributed by atoms with Gasteiger partial charge in [-0.2, -0.15) is 26.3 Å². The Labute approximate surface area is 180 Å². The van der Waals surface area contributed by atoms with Crippen LogP contribution < -0.4 is 15.2 Å². The molecule has 3 aromatic rings. The molecule has 4 nitrogen and oxygen atoms in total. The van der Waals surface area contributed by atoms with Gasteiger partial charge in [0.15, 0.2) is 11.5 Å². The fourth-order valence-corrected chi connectivity index (χ4v) is 3.72.